The Kier molecular flexibility index (Phi) is 4.99. The number of nitrogens with zero attached hydrogens (tertiary/aromatic N) is 1. The molecule has 2 rings (SSSR count). The molecule has 22 heavy (non-hydrogen) atoms. The molecule has 0 N–H and O–H groups in total. The van der Waals surface area contributed by atoms with Crippen LogP contribution in [0.4, 0.5) is 0 Å². The molecule has 6 nitrogen and oxygen atoms in total. The van der Waals surface area contributed by atoms with Crippen molar-refractivity contribution in [2.75, 3.05) is 14.2 Å². The molecular formula is C15H17NO5S. The van der Waals surface area contributed by atoms with Gasteiger partial charge in [-0.25, -0.2) is 0 Å². The van der Waals surface area contributed by atoms with Crippen molar-refractivity contribution in [2.24, 2.45) is 0 Å². The molecule has 0 radical (unpaired) electrons. The summed E-state index contributed by atoms with van der Waals surface area (Å²) in [5.41, 5.74) is 1.40. The Morgan fingerprint density at radius 3 is 2.27 bits per heavy atom. The van der Waals surface area contributed by atoms with Crippen LogP contribution >= 0.6 is 0 Å². The molecule has 1 aromatic carbocycles. The van der Waals surface area contributed by atoms with Crippen molar-refractivity contribution in [2.45, 2.75) is 18.4 Å². The second-order valence-corrected chi connectivity index (χ2v) is 6.18. The normalized spacial score (nSPS) is 11.2. The van der Waals surface area contributed by atoms with Crippen LogP contribution in [0.3, 0.4) is 0 Å². The summed E-state index contributed by atoms with van der Waals surface area (Å²) in [7, 11) is -0.833. The maximum absolute atomic E-state index is 12.1. The number of rotatable bonds is 6. The molecule has 0 amide bonds. The minimum Gasteiger partial charge on any atom is -0.493 e. The van der Waals surface area contributed by atoms with Crippen LogP contribution in [-0.2, 0) is 20.9 Å². The number of benzene rings is 1. The lowest BCUT2D eigenvalue weighted by Crippen LogP contribution is -2.07. The van der Waals surface area contributed by atoms with Gasteiger partial charge in [-0.05, 0) is 19.1 Å². The molecule has 0 unspecified atom stereocenters. The molecule has 1 aromatic heterocycles. The Balaban J connectivity index is 2.13. The molecule has 0 saturated carbocycles. The molecule has 0 aliphatic heterocycles. The van der Waals surface area contributed by atoms with Gasteiger partial charge in [0.05, 0.1) is 31.0 Å². The zero-order valence-electron chi connectivity index (χ0n) is 12.6. The fourth-order valence-electron chi connectivity index (χ4n) is 1.77. The van der Waals surface area contributed by atoms with E-state index in [1.54, 1.807) is 18.2 Å². The van der Waals surface area contributed by atoms with Crippen LogP contribution in [0.2, 0.25) is 0 Å². The van der Waals surface area contributed by atoms with Crippen molar-refractivity contribution in [1.82, 2.24) is 4.98 Å². The molecule has 118 valence electrons. The zero-order valence-corrected chi connectivity index (χ0v) is 13.4. The summed E-state index contributed by atoms with van der Waals surface area (Å²) in [5, 5.41) is 0. The summed E-state index contributed by atoms with van der Waals surface area (Å²) in [6, 6.07) is 8.01. The van der Waals surface area contributed by atoms with E-state index in [1.165, 1.54) is 32.5 Å². The number of hydrogen-bond acceptors (Lipinski definition) is 6. The van der Waals surface area contributed by atoms with Gasteiger partial charge in [0.25, 0.3) is 10.1 Å². The second-order valence-electron chi connectivity index (χ2n) is 4.56. The van der Waals surface area contributed by atoms with Gasteiger partial charge in [-0.2, -0.15) is 8.42 Å². The highest BCUT2D eigenvalue weighted by Gasteiger charge is 2.16. The molecule has 0 fully saturated rings. The maximum atomic E-state index is 12.1. The molecule has 7 heteroatoms. The SMILES string of the molecule is COc1cnc(COS(=O)(=O)c2ccc(C)cc2)cc1OC. The number of ether oxygens (including phenoxy) is 2. The van der Waals surface area contributed by atoms with Crippen molar-refractivity contribution < 1.29 is 22.1 Å². The second kappa shape index (κ2) is 6.76. The molecule has 0 aliphatic rings. The first-order chi connectivity index (χ1) is 10.5. The van der Waals surface area contributed by atoms with E-state index in [-0.39, 0.29) is 11.5 Å². The lowest BCUT2D eigenvalue weighted by Gasteiger charge is -2.09. The smallest absolute Gasteiger partial charge is 0.297 e. The summed E-state index contributed by atoms with van der Waals surface area (Å²) < 4.78 is 39.4. The number of pyridine rings is 1. The fourth-order valence-corrected chi connectivity index (χ4v) is 2.65. The number of methoxy groups -OCH3 is 2. The third kappa shape index (κ3) is 3.75. The quantitative estimate of drug-likeness (QED) is 0.760. The highest BCUT2D eigenvalue weighted by atomic mass is 32.2. The molecule has 0 spiro atoms. The largest absolute Gasteiger partial charge is 0.493 e. The van der Waals surface area contributed by atoms with E-state index in [2.05, 4.69) is 4.98 Å². The topological polar surface area (TPSA) is 74.7 Å². The van der Waals surface area contributed by atoms with Crippen LogP contribution in [-0.4, -0.2) is 27.6 Å². The first-order valence-corrected chi connectivity index (χ1v) is 7.90. The summed E-state index contributed by atoms with van der Waals surface area (Å²) in [6.45, 7) is 1.70. The predicted molar refractivity (Wildman–Crippen MR) is 80.5 cm³/mol. The van der Waals surface area contributed by atoms with E-state index < -0.39 is 10.1 Å². The molecule has 1 heterocycles. The van der Waals surface area contributed by atoms with Crippen molar-refractivity contribution in [3.63, 3.8) is 0 Å². The van der Waals surface area contributed by atoms with Crippen molar-refractivity contribution in [3.05, 3.63) is 47.8 Å². The third-order valence-electron chi connectivity index (χ3n) is 3.00. The first-order valence-electron chi connectivity index (χ1n) is 6.49. The average molecular weight is 323 g/mol. The minimum absolute atomic E-state index is 0.110. The molecule has 0 aliphatic carbocycles. The van der Waals surface area contributed by atoms with Crippen LogP contribution in [0, 0.1) is 6.92 Å². The van der Waals surface area contributed by atoms with Gasteiger partial charge >= 0.3 is 0 Å². The summed E-state index contributed by atoms with van der Waals surface area (Å²) in [4.78, 5) is 4.18. The average Bonchev–Trinajstić information content (AvgIpc) is 2.53. The van der Waals surface area contributed by atoms with Crippen molar-refractivity contribution >= 4 is 10.1 Å². The van der Waals surface area contributed by atoms with Gasteiger partial charge in [0.2, 0.25) is 0 Å². The molecule has 0 atom stereocenters. The van der Waals surface area contributed by atoms with Crippen LogP contribution < -0.4 is 9.47 Å². The number of aryl methyl sites for hydroxylation is 1. The van der Waals surface area contributed by atoms with Gasteiger partial charge in [0.15, 0.2) is 11.5 Å². The summed E-state index contributed by atoms with van der Waals surface area (Å²) in [5.74, 6) is 0.927. The van der Waals surface area contributed by atoms with E-state index in [0.29, 0.717) is 17.2 Å². The van der Waals surface area contributed by atoms with E-state index in [4.69, 9.17) is 13.7 Å². The van der Waals surface area contributed by atoms with Gasteiger partial charge in [-0.15, -0.1) is 0 Å². The standard InChI is InChI=1S/C15H17NO5S/c1-11-4-6-13(7-5-11)22(17,18)21-10-12-8-14(19-2)15(20-3)9-16-12/h4-9H,10H2,1-3H3. The predicted octanol–water partition coefficient (Wildman–Crippen LogP) is 2.31. The van der Waals surface area contributed by atoms with Crippen molar-refractivity contribution in [3.8, 4) is 11.5 Å². The number of hydrogen-bond donors (Lipinski definition) is 0. The lowest BCUT2D eigenvalue weighted by molar-refractivity contribution is 0.300. The monoisotopic (exact) mass is 323 g/mol. The number of aromatic nitrogens is 1. The van der Waals surface area contributed by atoms with E-state index in [9.17, 15) is 8.42 Å². The molecular weight excluding hydrogens is 306 g/mol. The highest BCUT2D eigenvalue weighted by Crippen LogP contribution is 2.26. The molecule has 2 aromatic rings. The van der Waals surface area contributed by atoms with Crippen LogP contribution in [0.5, 0.6) is 11.5 Å². The van der Waals surface area contributed by atoms with Gasteiger partial charge < -0.3 is 9.47 Å². The van der Waals surface area contributed by atoms with Crippen molar-refractivity contribution in [1.29, 1.82) is 0 Å². The van der Waals surface area contributed by atoms with Gasteiger partial charge in [0, 0.05) is 6.07 Å². The van der Waals surface area contributed by atoms with E-state index in [0.717, 1.165) is 5.56 Å². The van der Waals surface area contributed by atoms with Crippen LogP contribution in [0.1, 0.15) is 11.3 Å². The Bertz CT molecular complexity index is 741. The third-order valence-corrected chi connectivity index (χ3v) is 4.28. The maximum Gasteiger partial charge on any atom is 0.297 e. The summed E-state index contributed by atoms with van der Waals surface area (Å²) in [6.07, 6.45) is 1.45. The van der Waals surface area contributed by atoms with E-state index >= 15 is 0 Å². The zero-order chi connectivity index (χ0) is 16.2. The van der Waals surface area contributed by atoms with Gasteiger partial charge in [-0.3, -0.25) is 9.17 Å². The Labute approximate surface area is 129 Å². The molecule has 0 bridgehead atoms. The van der Waals surface area contributed by atoms with Gasteiger partial charge in [-0.1, -0.05) is 17.7 Å². The fraction of sp³-hybridized carbons (Fsp3) is 0.267. The minimum atomic E-state index is -3.82. The lowest BCUT2D eigenvalue weighted by atomic mass is 10.2. The van der Waals surface area contributed by atoms with E-state index in [1.807, 2.05) is 6.92 Å². The Morgan fingerprint density at radius 1 is 1.05 bits per heavy atom. The Morgan fingerprint density at radius 2 is 1.68 bits per heavy atom. The van der Waals surface area contributed by atoms with Gasteiger partial charge in [0.1, 0.15) is 6.61 Å². The first kappa shape index (κ1) is 16.3. The highest BCUT2D eigenvalue weighted by molar-refractivity contribution is 7.86. The Hall–Kier alpha value is -2.12. The molecule has 0 saturated heterocycles. The summed E-state index contributed by atoms with van der Waals surface area (Å²) >= 11 is 0. The van der Waals surface area contributed by atoms with Crippen LogP contribution in [0.25, 0.3) is 0 Å². The van der Waals surface area contributed by atoms with Crippen LogP contribution in [0.15, 0.2) is 41.4 Å².